The van der Waals surface area contributed by atoms with E-state index < -0.39 is 23.3 Å². The van der Waals surface area contributed by atoms with Gasteiger partial charge in [-0.15, -0.1) is 10.2 Å². The van der Waals surface area contributed by atoms with Crippen molar-refractivity contribution in [3.63, 3.8) is 0 Å². The SMILES string of the molecule is Cn1c(SCC(=O)Nc2c(Cl)cccc2C(F)(F)F)nnc1-c1ccc(C(C)(C)C)cc1. The second-order valence-electron chi connectivity index (χ2n) is 8.19. The van der Waals surface area contributed by atoms with E-state index >= 15 is 0 Å². The molecule has 3 rings (SSSR count). The molecule has 1 heterocycles. The van der Waals surface area contributed by atoms with Crippen LogP contribution in [0.4, 0.5) is 18.9 Å². The molecule has 5 nitrogen and oxygen atoms in total. The number of para-hydroxylation sites is 1. The van der Waals surface area contributed by atoms with Crippen molar-refractivity contribution in [3.05, 3.63) is 58.6 Å². The summed E-state index contributed by atoms with van der Waals surface area (Å²) >= 11 is 6.95. The predicted molar refractivity (Wildman–Crippen MR) is 121 cm³/mol. The Morgan fingerprint density at radius 2 is 1.75 bits per heavy atom. The Hall–Kier alpha value is -2.52. The Bertz CT molecular complexity index is 1120. The fourth-order valence-electron chi connectivity index (χ4n) is 3.00. The maximum atomic E-state index is 13.2. The number of alkyl halides is 3. The van der Waals surface area contributed by atoms with Crippen LogP contribution in [0.1, 0.15) is 31.9 Å². The fraction of sp³-hybridized carbons (Fsp3) is 0.318. The van der Waals surface area contributed by atoms with Crippen LogP contribution in [0, 0.1) is 0 Å². The van der Waals surface area contributed by atoms with Crippen LogP contribution in [0.5, 0.6) is 0 Å². The van der Waals surface area contributed by atoms with Crippen molar-refractivity contribution in [2.45, 2.75) is 37.5 Å². The van der Waals surface area contributed by atoms with Crippen LogP contribution in [0.25, 0.3) is 11.4 Å². The Kier molecular flexibility index (Phi) is 6.90. The first-order valence-corrected chi connectivity index (χ1v) is 11.0. The standard InChI is InChI=1S/C22H22ClF3N4OS/c1-21(2,3)14-10-8-13(9-11-14)19-28-29-20(30(19)4)32-12-17(31)27-18-15(22(24,25)26)6-5-7-16(18)23/h5-11H,12H2,1-4H3,(H,27,31). The van der Waals surface area contributed by atoms with Crippen LogP contribution in [-0.2, 0) is 23.4 Å². The number of aromatic nitrogens is 3. The van der Waals surface area contributed by atoms with Crippen molar-refractivity contribution < 1.29 is 18.0 Å². The van der Waals surface area contributed by atoms with Gasteiger partial charge in [-0.25, -0.2) is 0 Å². The van der Waals surface area contributed by atoms with Crippen molar-refractivity contribution in [3.8, 4) is 11.4 Å². The van der Waals surface area contributed by atoms with Crippen molar-refractivity contribution in [2.24, 2.45) is 7.05 Å². The van der Waals surface area contributed by atoms with Gasteiger partial charge in [-0.05, 0) is 23.1 Å². The molecule has 0 aliphatic rings. The first-order chi connectivity index (χ1) is 14.9. The minimum atomic E-state index is -4.64. The van der Waals surface area contributed by atoms with Gasteiger partial charge in [0.25, 0.3) is 0 Å². The van der Waals surface area contributed by atoms with Crippen molar-refractivity contribution >= 4 is 35.0 Å². The van der Waals surface area contributed by atoms with Crippen LogP contribution in [-0.4, -0.2) is 26.4 Å². The minimum absolute atomic E-state index is 0.0282. The number of hydrogen-bond donors (Lipinski definition) is 1. The highest BCUT2D eigenvalue weighted by atomic mass is 35.5. The molecule has 2 aromatic carbocycles. The van der Waals surface area contributed by atoms with E-state index in [2.05, 4.69) is 36.3 Å². The highest BCUT2D eigenvalue weighted by molar-refractivity contribution is 7.99. The van der Waals surface area contributed by atoms with E-state index in [1.165, 1.54) is 17.7 Å². The quantitative estimate of drug-likeness (QED) is 0.441. The predicted octanol–water partition coefficient (Wildman–Crippen LogP) is 6.18. The van der Waals surface area contributed by atoms with Gasteiger partial charge in [0.1, 0.15) is 0 Å². The van der Waals surface area contributed by atoms with E-state index in [4.69, 9.17) is 11.6 Å². The summed E-state index contributed by atoms with van der Waals surface area (Å²) in [6.45, 7) is 6.39. The van der Waals surface area contributed by atoms with E-state index in [1.54, 1.807) is 11.6 Å². The van der Waals surface area contributed by atoms with Gasteiger partial charge in [-0.3, -0.25) is 4.79 Å². The lowest BCUT2D eigenvalue weighted by atomic mass is 9.87. The second-order valence-corrected chi connectivity index (χ2v) is 9.54. The van der Waals surface area contributed by atoms with Crippen LogP contribution < -0.4 is 5.32 Å². The maximum Gasteiger partial charge on any atom is 0.418 e. The molecule has 0 saturated heterocycles. The van der Waals surface area contributed by atoms with Gasteiger partial charge in [-0.1, -0.05) is 74.5 Å². The Labute approximate surface area is 193 Å². The normalized spacial score (nSPS) is 12.1. The zero-order valence-electron chi connectivity index (χ0n) is 17.9. The van der Waals surface area contributed by atoms with Gasteiger partial charge < -0.3 is 9.88 Å². The number of nitrogens with zero attached hydrogens (tertiary/aromatic N) is 3. The molecule has 1 aromatic heterocycles. The zero-order chi connectivity index (χ0) is 23.7. The highest BCUT2D eigenvalue weighted by Crippen LogP contribution is 2.38. The monoisotopic (exact) mass is 482 g/mol. The number of benzene rings is 2. The summed E-state index contributed by atoms with van der Waals surface area (Å²) in [5.41, 5.74) is 0.635. The van der Waals surface area contributed by atoms with Gasteiger partial charge in [0.05, 0.1) is 22.0 Å². The van der Waals surface area contributed by atoms with E-state index in [9.17, 15) is 18.0 Å². The van der Waals surface area contributed by atoms with Gasteiger partial charge >= 0.3 is 6.18 Å². The maximum absolute atomic E-state index is 13.2. The topological polar surface area (TPSA) is 59.8 Å². The minimum Gasteiger partial charge on any atom is -0.324 e. The largest absolute Gasteiger partial charge is 0.418 e. The lowest BCUT2D eigenvalue weighted by molar-refractivity contribution is -0.137. The van der Waals surface area contributed by atoms with Crippen LogP contribution in [0.3, 0.4) is 0 Å². The zero-order valence-corrected chi connectivity index (χ0v) is 19.5. The average molecular weight is 483 g/mol. The molecule has 32 heavy (non-hydrogen) atoms. The van der Waals surface area contributed by atoms with Crippen molar-refractivity contribution in [1.29, 1.82) is 0 Å². The summed E-state index contributed by atoms with van der Waals surface area (Å²) in [6.07, 6.45) is -4.64. The molecule has 0 spiro atoms. The van der Waals surface area contributed by atoms with Crippen molar-refractivity contribution in [1.82, 2.24) is 14.8 Å². The molecule has 0 unspecified atom stereocenters. The van der Waals surface area contributed by atoms with E-state index in [0.717, 1.165) is 23.4 Å². The summed E-state index contributed by atoms with van der Waals surface area (Å²) in [5, 5.41) is 10.8. The summed E-state index contributed by atoms with van der Waals surface area (Å²) in [6, 6.07) is 11.3. The van der Waals surface area contributed by atoms with E-state index in [1.807, 2.05) is 24.3 Å². The van der Waals surface area contributed by atoms with Gasteiger partial charge in [-0.2, -0.15) is 13.2 Å². The Morgan fingerprint density at radius 3 is 2.34 bits per heavy atom. The summed E-state index contributed by atoms with van der Waals surface area (Å²) < 4.78 is 41.3. The Balaban J connectivity index is 1.70. The molecule has 1 amide bonds. The van der Waals surface area contributed by atoms with E-state index in [0.29, 0.717) is 11.0 Å². The number of carbonyl (C=O) groups excluding carboxylic acids is 1. The summed E-state index contributed by atoms with van der Waals surface area (Å²) in [7, 11) is 1.77. The number of carbonyl (C=O) groups is 1. The first kappa shape index (κ1) is 24.1. The van der Waals surface area contributed by atoms with Crippen LogP contribution in [0.2, 0.25) is 5.02 Å². The number of halogens is 4. The molecule has 0 saturated carbocycles. The molecule has 0 aliphatic carbocycles. The van der Waals surface area contributed by atoms with Gasteiger partial charge in [0, 0.05) is 12.6 Å². The average Bonchev–Trinajstić information content (AvgIpc) is 3.07. The fourth-order valence-corrected chi connectivity index (χ4v) is 3.94. The number of thioether (sulfide) groups is 1. The highest BCUT2D eigenvalue weighted by Gasteiger charge is 2.34. The molecular formula is C22H22ClF3N4OS. The molecule has 3 aromatic rings. The first-order valence-electron chi connectivity index (χ1n) is 9.66. The summed E-state index contributed by atoms with van der Waals surface area (Å²) in [4.78, 5) is 12.3. The lowest BCUT2D eigenvalue weighted by Crippen LogP contribution is -2.18. The third-order valence-electron chi connectivity index (χ3n) is 4.76. The molecule has 0 aliphatic heterocycles. The van der Waals surface area contributed by atoms with Gasteiger partial charge in [0.15, 0.2) is 11.0 Å². The molecule has 0 atom stereocenters. The van der Waals surface area contributed by atoms with Crippen LogP contribution >= 0.6 is 23.4 Å². The molecular weight excluding hydrogens is 461 g/mol. The molecule has 10 heteroatoms. The van der Waals surface area contributed by atoms with Crippen molar-refractivity contribution in [2.75, 3.05) is 11.1 Å². The third kappa shape index (κ3) is 5.45. The molecule has 0 fully saturated rings. The summed E-state index contributed by atoms with van der Waals surface area (Å²) in [5.74, 6) is -0.163. The number of hydrogen-bond acceptors (Lipinski definition) is 4. The second kappa shape index (κ2) is 9.15. The molecule has 0 radical (unpaired) electrons. The van der Waals surface area contributed by atoms with E-state index in [-0.39, 0.29) is 16.2 Å². The molecule has 1 N–H and O–H groups in total. The number of anilines is 1. The smallest absolute Gasteiger partial charge is 0.324 e. The van der Waals surface area contributed by atoms with Crippen LogP contribution in [0.15, 0.2) is 47.6 Å². The molecule has 170 valence electrons. The Morgan fingerprint density at radius 1 is 1.09 bits per heavy atom. The third-order valence-corrected chi connectivity index (χ3v) is 6.10. The number of rotatable bonds is 5. The number of amides is 1. The molecule has 0 bridgehead atoms. The number of nitrogens with one attached hydrogen (secondary N) is 1. The lowest BCUT2D eigenvalue weighted by Gasteiger charge is -2.19. The van der Waals surface area contributed by atoms with Gasteiger partial charge in [0.2, 0.25) is 5.91 Å².